The van der Waals surface area contributed by atoms with Gasteiger partial charge in [-0.2, -0.15) is 0 Å². The van der Waals surface area contributed by atoms with Crippen molar-refractivity contribution < 1.29 is 9.90 Å². The van der Waals surface area contributed by atoms with Gasteiger partial charge in [0.1, 0.15) is 0 Å². The van der Waals surface area contributed by atoms with Gasteiger partial charge < -0.3 is 5.11 Å². The number of halogens is 1. The van der Waals surface area contributed by atoms with Crippen LogP contribution in [-0.2, 0) is 0 Å². The minimum atomic E-state index is -0.909. The molecule has 0 aliphatic rings. The summed E-state index contributed by atoms with van der Waals surface area (Å²) in [7, 11) is 0. The highest BCUT2D eigenvalue weighted by molar-refractivity contribution is 7.17. The molecule has 2 aromatic rings. The summed E-state index contributed by atoms with van der Waals surface area (Å²) in [6.45, 7) is 0. The molecule has 0 radical (unpaired) electrons. The van der Waals surface area contributed by atoms with Crippen molar-refractivity contribution in [2.75, 3.05) is 0 Å². The zero-order valence-electron chi connectivity index (χ0n) is 6.45. The average Bonchev–Trinajstić information content (AvgIpc) is 2.46. The number of hydrogen-bond donors (Lipinski definition) is 1. The molecule has 4 heteroatoms. The molecule has 0 amide bonds. The van der Waals surface area contributed by atoms with Gasteiger partial charge in [0, 0.05) is 20.5 Å². The maximum Gasteiger partial charge on any atom is 0.337 e. The molecule has 1 aromatic heterocycles. The Bertz CT molecular complexity index is 475. The van der Waals surface area contributed by atoms with Crippen LogP contribution in [-0.4, -0.2) is 11.1 Å². The second-order valence-corrected chi connectivity index (χ2v) is 3.94. The number of carbonyl (C=O) groups is 1. The predicted octanol–water partition coefficient (Wildman–Crippen LogP) is 3.25. The van der Waals surface area contributed by atoms with Crippen LogP contribution in [0, 0.1) is 0 Å². The third-order valence-electron chi connectivity index (χ3n) is 1.77. The molecular formula is C9H5ClO2S. The largest absolute Gasteiger partial charge is 0.478 e. The van der Waals surface area contributed by atoms with Gasteiger partial charge in [0.15, 0.2) is 0 Å². The van der Waals surface area contributed by atoms with E-state index in [0.29, 0.717) is 16.0 Å². The van der Waals surface area contributed by atoms with Crippen LogP contribution in [0.15, 0.2) is 23.6 Å². The number of thiophene rings is 1. The molecule has 2 nitrogen and oxygen atoms in total. The van der Waals surface area contributed by atoms with Gasteiger partial charge in [0.2, 0.25) is 0 Å². The van der Waals surface area contributed by atoms with Crippen molar-refractivity contribution in [3.05, 3.63) is 34.2 Å². The first kappa shape index (κ1) is 8.53. The summed E-state index contributed by atoms with van der Waals surface area (Å²) in [5.41, 5.74) is 0.322. The Balaban J connectivity index is 2.79. The summed E-state index contributed by atoms with van der Waals surface area (Å²) in [5, 5.41) is 11.7. The van der Waals surface area contributed by atoms with Gasteiger partial charge in [-0.05, 0) is 18.2 Å². The van der Waals surface area contributed by atoms with E-state index < -0.39 is 5.97 Å². The van der Waals surface area contributed by atoms with Gasteiger partial charge in [-0.1, -0.05) is 11.6 Å². The Morgan fingerprint density at radius 2 is 2.23 bits per heavy atom. The maximum atomic E-state index is 10.8. The fourth-order valence-corrected chi connectivity index (χ4v) is 2.25. The molecule has 0 aliphatic carbocycles. The van der Waals surface area contributed by atoms with Gasteiger partial charge in [0.25, 0.3) is 0 Å². The fraction of sp³-hybridized carbons (Fsp3) is 0. The fourth-order valence-electron chi connectivity index (χ4n) is 1.17. The van der Waals surface area contributed by atoms with Gasteiger partial charge in [-0.3, -0.25) is 0 Å². The first-order chi connectivity index (χ1) is 6.18. The van der Waals surface area contributed by atoms with Gasteiger partial charge in [-0.25, -0.2) is 4.79 Å². The Morgan fingerprint density at radius 3 is 2.92 bits per heavy atom. The van der Waals surface area contributed by atoms with Crippen molar-refractivity contribution in [2.24, 2.45) is 0 Å². The third-order valence-corrected chi connectivity index (χ3v) is 2.96. The van der Waals surface area contributed by atoms with Crippen LogP contribution in [0.3, 0.4) is 0 Å². The number of hydrogen-bond acceptors (Lipinski definition) is 2. The smallest absolute Gasteiger partial charge is 0.337 e. The summed E-state index contributed by atoms with van der Waals surface area (Å²) < 4.78 is 0.946. The molecule has 13 heavy (non-hydrogen) atoms. The quantitative estimate of drug-likeness (QED) is 0.788. The molecule has 0 bridgehead atoms. The summed E-state index contributed by atoms with van der Waals surface area (Å²) in [6.07, 6.45) is 0. The van der Waals surface area contributed by atoms with E-state index in [2.05, 4.69) is 0 Å². The Morgan fingerprint density at radius 1 is 1.46 bits per heavy atom. The number of rotatable bonds is 1. The first-order valence-corrected chi connectivity index (χ1v) is 4.84. The van der Waals surface area contributed by atoms with Gasteiger partial charge in [0.05, 0.1) is 5.56 Å². The van der Waals surface area contributed by atoms with E-state index in [1.165, 1.54) is 11.3 Å². The number of carboxylic acids is 1. The summed E-state index contributed by atoms with van der Waals surface area (Å²) in [6, 6.07) is 5.26. The molecule has 0 saturated carbocycles. The summed E-state index contributed by atoms with van der Waals surface area (Å²) >= 11 is 7.18. The minimum Gasteiger partial charge on any atom is -0.478 e. The average molecular weight is 213 g/mol. The Kier molecular flexibility index (Phi) is 1.98. The molecular weight excluding hydrogens is 208 g/mol. The molecule has 0 fully saturated rings. The lowest BCUT2D eigenvalue weighted by Gasteiger charge is -1.92. The van der Waals surface area contributed by atoms with Crippen molar-refractivity contribution in [1.82, 2.24) is 0 Å². The molecule has 2 rings (SSSR count). The number of carboxylic acid groups (broad SMARTS) is 1. The van der Waals surface area contributed by atoms with Crippen molar-refractivity contribution in [2.45, 2.75) is 0 Å². The maximum absolute atomic E-state index is 10.8. The van der Waals surface area contributed by atoms with E-state index in [0.717, 1.165) is 4.70 Å². The van der Waals surface area contributed by atoms with Crippen LogP contribution in [0.4, 0.5) is 0 Å². The number of benzene rings is 1. The highest BCUT2D eigenvalue weighted by Gasteiger charge is 2.10. The zero-order valence-corrected chi connectivity index (χ0v) is 8.02. The van der Waals surface area contributed by atoms with Crippen molar-refractivity contribution in [1.29, 1.82) is 0 Å². The molecule has 0 saturated heterocycles. The molecule has 0 atom stereocenters. The molecule has 0 aliphatic heterocycles. The van der Waals surface area contributed by atoms with E-state index >= 15 is 0 Å². The van der Waals surface area contributed by atoms with E-state index in [9.17, 15) is 4.79 Å². The van der Waals surface area contributed by atoms with Crippen LogP contribution in [0.2, 0.25) is 5.02 Å². The SMILES string of the molecule is O=C(O)c1csc2ccc(Cl)cc12. The van der Waals surface area contributed by atoms with Gasteiger partial charge in [-0.15, -0.1) is 11.3 Å². The standard InChI is InChI=1S/C9H5ClO2S/c10-5-1-2-8-6(3-5)7(4-13-8)9(11)12/h1-4H,(H,11,12). The number of aromatic carboxylic acids is 1. The van der Waals surface area contributed by atoms with E-state index in [-0.39, 0.29) is 0 Å². The second kappa shape index (κ2) is 3.01. The highest BCUT2D eigenvalue weighted by atomic mass is 35.5. The van der Waals surface area contributed by atoms with Crippen molar-refractivity contribution >= 4 is 39.0 Å². The van der Waals surface area contributed by atoms with Crippen molar-refractivity contribution in [3.63, 3.8) is 0 Å². The summed E-state index contributed by atoms with van der Waals surface area (Å²) in [4.78, 5) is 10.8. The molecule has 1 aromatic carbocycles. The predicted molar refractivity (Wildman–Crippen MR) is 53.8 cm³/mol. The van der Waals surface area contributed by atoms with Crippen LogP contribution in [0.25, 0.3) is 10.1 Å². The van der Waals surface area contributed by atoms with Crippen LogP contribution < -0.4 is 0 Å². The van der Waals surface area contributed by atoms with E-state index in [1.807, 2.05) is 6.07 Å². The molecule has 66 valence electrons. The third kappa shape index (κ3) is 1.41. The molecule has 0 spiro atoms. The molecule has 1 heterocycles. The van der Waals surface area contributed by atoms with E-state index in [1.54, 1.807) is 17.5 Å². The lowest BCUT2D eigenvalue weighted by Crippen LogP contribution is -1.93. The Hall–Kier alpha value is -1.06. The van der Waals surface area contributed by atoms with E-state index in [4.69, 9.17) is 16.7 Å². The second-order valence-electron chi connectivity index (χ2n) is 2.60. The van der Waals surface area contributed by atoms with Crippen molar-refractivity contribution in [3.8, 4) is 0 Å². The summed E-state index contributed by atoms with van der Waals surface area (Å²) in [5.74, 6) is -0.909. The Labute approximate surface area is 83.4 Å². The minimum absolute atomic E-state index is 0.322. The normalized spacial score (nSPS) is 10.5. The molecule has 0 unspecified atom stereocenters. The van der Waals surface area contributed by atoms with Crippen LogP contribution in [0.1, 0.15) is 10.4 Å². The lowest BCUT2D eigenvalue weighted by atomic mass is 10.2. The topological polar surface area (TPSA) is 37.3 Å². The number of fused-ring (bicyclic) bond motifs is 1. The lowest BCUT2D eigenvalue weighted by molar-refractivity contribution is 0.0699. The first-order valence-electron chi connectivity index (χ1n) is 3.58. The van der Waals surface area contributed by atoms with Crippen LogP contribution >= 0.6 is 22.9 Å². The van der Waals surface area contributed by atoms with Crippen LogP contribution in [0.5, 0.6) is 0 Å². The highest BCUT2D eigenvalue weighted by Crippen LogP contribution is 2.28. The molecule has 1 N–H and O–H groups in total. The monoisotopic (exact) mass is 212 g/mol. The van der Waals surface area contributed by atoms with Gasteiger partial charge >= 0.3 is 5.97 Å². The zero-order chi connectivity index (χ0) is 9.42.